The van der Waals surface area contributed by atoms with Gasteiger partial charge in [-0.1, -0.05) is 37.3 Å². The number of nitrogens with zero attached hydrogens (tertiary/aromatic N) is 1. The van der Waals surface area contributed by atoms with Crippen LogP contribution in [0.15, 0.2) is 36.5 Å². The van der Waals surface area contributed by atoms with Crippen molar-refractivity contribution in [2.45, 2.75) is 6.42 Å². The topological polar surface area (TPSA) is 3.24 Å². The second kappa shape index (κ2) is 5.41. The Labute approximate surface area is 80.7 Å². The van der Waals surface area contributed by atoms with E-state index in [4.69, 9.17) is 0 Å². The summed E-state index contributed by atoms with van der Waals surface area (Å²) in [4.78, 5) is 2.14. The van der Waals surface area contributed by atoms with E-state index in [9.17, 15) is 0 Å². The smallest absolute Gasteiger partial charge is 0.0169 e. The molecule has 1 heteroatoms. The van der Waals surface area contributed by atoms with Gasteiger partial charge in [-0.25, -0.2) is 0 Å². The molecule has 0 aliphatic rings. The van der Waals surface area contributed by atoms with Gasteiger partial charge in [0.2, 0.25) is 0 Å². The van der Waals surface area contributed by atoms with Crippen LogP contribution in [0.5, 0.6) is 0 Å². The molecule has 0 heterocycles. The summed E-state index contributed by atoms with van der Waals surface area (Å²) in [6, 6.07) is 10.3. The molecule has 69 valence electrons. The van der Waals surface area contributed by atoms with Gasteiger partial charge in [-0.2, -0.15) is 0 Å². The lowest BCUT2D eigenvalue weighted by atomic mass is 10.2. The van der Waals surface area contributed by atoms with Gasteiger partial charge < -0.3 is 4.90 Å². The minimum absolute atomic E-state index is 0.940. The predicted octanol–water partition coefficient (Wildman–Crippen LogP) is 2.81. The molecule has 0 unspecified atom stereocenters. The maximum Gasteiger partial charge on any atom is 0.0169 e. The normalized spacial score (nSPS) is 10.6. The molecule has 0 fully saturated rings. The Kier molecular flexibility index (Phi) is 4.10. The van der Waals surface area contributed by atoms with E-state index in [1.807, 2.05) is 18.2 Å². The molecule has 0 saturated heterocycles. The Bertz CT molecular complexity index is 251. The molecular formula is C12H16N. The molecule has 1 radical (unpaired) electrons. The number of benzene rings is 1. The second-order valence-corrected chi connectivity index (χ2v) is 3.06. The van der Waals surface area contributed by atoms with Crippen molar-refractivity contribution in [2.75, 3.05) is 13.6 Å². The molecule has 13 heavy (non-hydrogen) atoms. The molecule has 0 amide bonds. The first kappa shape index (κ1) is 9.85. The third kappa shape index (κ3) is 3.79. The molecule has 1 rings (SSSR count). The van der Waals surface area contributed by atoms with Crippen molar-refractivity contribution in [3.63, 3.8) is 0 Å². The van der Waals surface area contributed by atoms with Gasteiger partial charge in [0.25, 0.3) is 0 Å². The van der Waals surface area contributed by atoms with Crippen LogP contribution in [-0.4, -0.2) is 18.5 Å². The molecule has 1 aromatic rings. The molecule has 1 aromatic carbocycles. The van der Waals surface area contributed by atoms with Crippen molar-refractivity contribution < 1.29 is 0 Å². The zero-order valence-corrected chi connectivity index (χ0v) is 8.11. The summed E-state index contributed by atoms with van der Waals surface area (Å²) < 4.78 is 0. The molecule has 0 N–H and O–H groups in total. The fraction of sp³-hybridized carbons (Fsp3) is 0.250. The molecular weight excluding hydrogens is 158 g/mol. The second-order valence-electron chi connectivity index (χ2n) is 3.06. The zero-order chi connectivity index (χ0) is 9.52. The first-order valence-corrected chi connectivity index (χ1v) is 4.55. The van der Waals surface area contributed by atoms with E-state index in [1.54, 1.807) is 0 Å². The van der Waals surface area contributed by atoms with Crippen LogP contribution in [0.2, 0.25) is 0 Å². The Hall–Kier alpha value is -1.24. The van der Waals surface area contributed by atoms with Gasteiger partial charge in [0.15, 0.2) is 0 Å². The monoisotopic (exact) mass is 174 g/mol. The Morgan fingerprint density at radius 3 is 2.62 bits per heavy atom. The average Bonchev–Trinajstić information content (AvgIpc) is 2.17. The fourth-order valence-corrected chi connectivity index (χ4v) is 1.10. The van der Waals surface area contributed by atoms with E-state index >= 15 is 0 Å². The third-order valence-corrected chi connectivity index (χ3v) is 1.83. The number of hydrogen-bond donors (Lipinski definition) is 0. The van der Waals surface area contributed by atoms with E-state index in [2.05, 4.69) is 43.3 Å². The molecule has 1 nitrogen and oxygen atoms in total. The Morgan fingerprint density at radius 2 is 2.00 bits per heavy atom. The van der Waals surface area contributed by atoms with Crippen LogP contribution in [-0.2, 0) is 0 Å². The van der Waals surface area contributed by atoms with Crippen LogP contribution in [0.1, 0.15) is 12.0 Å². The van der Waals surface area contributed by atoms with E-state index in [0.29, 0.717) is 0 Å². The average molecular weight is 174 g/mol. The maximum atomic E-state index is 3.81. The highest BCUT2D eigenvalue weighted by Gasteiger charge is 1.87. The highest BCUT2D eigenvalue weighted by Crippen LogP contribution is 2.01. The van der Waals surface area contributed by atoms with Crippen LogP contribution in [0.25, 0.3) is 6.08 Å². The molecule has 0 aromatic heterocycles. The first-order valence-electron chi connectivity index (χ1n) is 4.55. The van der Waals surface area contributed by atoms with Crippen molar-refractivity contribution in [2.24, 2.45) is 0 Å². The van der Waals surface area contributed by atoms with Crippen molar-refractivity contribution >= 4 is 6.08 Å². The van der Waals surface area contributed by atoms with Gasteiger partial charge >= 0.3 is 0 Å². The van der Waals surface area contributed by atoms with Crippen LogP contribution < -0.4 is 0 Å². The number of hydrogen-bond acceptors (Lipinski definition) is 1. The maximum absolute atomic E-state index is 3.81. The van der Waals surface area contributed by atoms with E-state index in [1.165, 1.54) is 5.56 Å². The first-order chi connectivity index (χ1) is 6.33. The molecule has 0 saturated carbocycles. The van der Waals surface area contributed by atoms with Gasteiger partial charge in [0.1, 0.15) is 0 Å². The molecule has 0 atom stereocenters. The lowest BCUT2D eigenvalue weighted by Gasteiger charge is -2.11. The minimum atomic E-state index is 0.940. The third-order valence-electron chi connectivity index (χ3n) is 1.83. The van der Waals surface area contributed by atoms with Crippen LogP contribution in [0, 0.1) is 6.92 Å². The highest BCUT2D eigenvalue weighted by molar-refractivity contribution is 5.48. The summed E-state index contributed by atoms with van der Waals surface area (Å²) in [7, 11) is 2.06. The largest absolute Gasteiger partial charge is 0.380 e. The van der Waals surface area contributed by atoms with Crippen LogP contribution >= 0.6 is 0 Å². The predicted molar refractivity (Wildman–Crippen MR) is 58.1 cm³/mol. The molecule has 0 spiro atoms. The molecule has 0 bridgehead atoms. The summed E-state index contributed by atoms with van der Waals surface area (Å²) in [6.45, 7) is 4.81. The van der Waals surface area contributed by atoms with Gasteiger partial charge in [-0.05, 0) is 24.3 Å². The van der Waals surface area contributed by atoms with E-state index in [0.717, 1.165) is 13.0 Å². The summed E-state index contributed by atoms with van der Waals surface area (Å²) >= 11 is 0. The Balaban J connectivity index is 2.49. The molecule has 0 aliphatic heterocycles. The lowest BCUT2D eigenvalue weighted by molar-refractivity contribution is 0.467. The van der Waals surface area contributed by atoms with Gasteiger partial charge in [0.05, 0.1) is 0 Å². The summed E-state index contributed by atoms with van der Waals surface area (Å²) in [5.74, 6) is 0. The quantitative estimate of drug-likeness (QED) is 0.678. The van der Waals surface area contributed by atoms with Crippen LogP contribution in [0.4, 0.5) is 0 Å². The van der Waals surface area contributed by atoms with Gasteiger partial charge in [0, 0.05) is 13.6 Å². The highest BCUT2D eigenvalue weighted by atomic mass is 15.1. The van der Waals surface area contributed by atoms with Crippen molar-refractivity contribution in [3.05, 3.63) is 49.0 Å². The van der Waals surface area contributed by atoms with Crippen molar-refractivity contribution in [3.8, 4) is 0 Å². The summed E-state index contributed by atoms with van der Waals surface area (Å²) in [6.07, 6.45) is 5.13. The summed E-state index contributed by atoms with van der Waals surface area (Å²) in [5.41, 5.74) is 1.23. The molecule has 0 aliphatic carbocycles. The fourth-order valence-electron chi connectivity index (χ4n) is 1.10. The Morgan fingerprint density at radius 1 is 1.31 bits per heavy atom. The van der Waals surface area contributed by atoms with Crippen molar-refractivity contribution in [1.29, 1.82) is 0 Å². The van der Waals surface area contributed by atoms with Gasteiger partial charge in [-0.3, -0.25) is 0 Å². The number of rotatable bonds is 4. The minimum Gasteiger partial charge on any atom is -0.380 e. The van der Waals surface area contributed by atoms with Crippen LogP contribution in [0.3, 0.4) is 0 Å². The van der Waals surface area contributed by atoms with E-state index < -0.39 is 0 Å². The summed E-state index contributed by atoms with van der Waals surface area (Å²) in [5, 5.41) is 0. The van der Waals surface area contributed by atoms with E-state index in [-0.39, 0.29) is 0 Å². The van der Waals surface area contributed by atoms with Gasteiger partial charge in [-0.15, -0.1) is 0 Å². The zero-order valence-electron chi connectivity index (χ0n) is 8.11. The standard InChI is InChI=1S/C12H16N/c1-3-10-13(2)11-9-12-7-5-4-6-8-12/h4-9,11H,1,3,10H2,2H3. The van der Waals surface area contributed by atoms with Crippen molar-refractivity contribution in [1.82, 2.24) is 4.90 Å². The lowest BCUT2D eigenvalue weighted by Crippen LogP contribution is -2.10. The SMILES string of the molecule is [CH2]CCN(C)C=Cc1ccccc1.